The molecule has 0 spiro atoms. The Bertz CT molecular complexity index is 951. The summed E-state index contributed by atoms with van der Waals surface area (Å²) >= 11 is 0. The van der Waals surface area contributed by atoms with Crippen LogP contribution in [0, 0.1) is 0 Å². The van der Waals surface area contributed by atoms with E-state index in [2.05, 4.69) is 16.0 Å². The van der Waals surface area contributed by atoms with E-state index < -0.39 is 0 Å². The number of hydrogen-bond acceptors (Lipinski definition) is 4. The first-order valence-electron chi connectivity index (χ1n) is 9.15. The van der Waals surface area contributed by atoms with Crippen LogP contribution in [0.5, 0.6) is 0 Å². The van der Waals surface area contributed by atoms with E-state index in [0.717, 1.165) is 11.1 Å². The molecule has 0 aliphatic rings. The SMILES string of the molecule is O=C(CNC(=O)c1ccc(-c2ccccc2)cc1)NCCNC(=O)c1ccco1. The molecule has 0 atom stereocenters. The maximum atomic E-state index is 12.2. The van der Waals surface area contributed by atoms with Gasteiger partial charge in [0.15, 0.2) is 5.76 Å². The molecule has 2 aromatic carbocycles. The number of carbonyl (C=O) groups excluding carboxylic acids is 3. The Morgan fingerprint density at radius 3 is 2.07 bits per heavy atom. The Morgan fingerprint density at radius 2 is 1.38 bits per heavy atom. The zero-order chi connectivity index (χ0) is 20.5. The second-order valence-electron chi connectivity index (χ2n) is 6.21. The minimum absolute atomic E-state index is 0.147. The number of carbonyl (C=O) groups is 3. The number of hydrogen-bond donors (Lipinski definition) is 3. The Balaban J connectivity index is 1.37. The molecule has 3 N–H and O–H groups in total. The van der Waals surface area contributed by atoms with E-state index in [9.17, 15) is 14.4 Å². The molecule has 29 heavy (non-hydrogen) atoms. The van der Waals surface area contributed by atoms with Crippen LogP contribution in [-0.4, -0.2) is 37.4 Å². The summed E-state index contributed by atoms with van der Waals surface area (Å²) in [5.41, 5.74) is 2.55. The minimum atomic E-state index is -0.350. The predicted octanol–water partition coefficient (Wildman–Crippen LogP) is 2.22. The summed E-state index contributed by atoms with van der Waals surface area (Å²) in [5.74, 6) is -0.809. The van der Waals surface area contributed by atoms with Crippen LogP contribution in [0.25, 0.3) is 11.1 Å². The molecule has 0 aliphatic carbocycles. The van der Waals surface area contributed by atoms with Gasteiger partial charge in [0, 0.05) is 18.7 Å². The minimum Gasteiger partial charge on any atom is -0.459 e. The van der Waals surface area contributed by atoms with Crippen molar-refractivity contribution < 1.29 is 18.8 Å². The van der Waals surface area contributed by atoms with Gasteiger partial charge in [-0.1, -0.05) is 42.5 Å². The molecule has 0 aliphatic heterocycles. The highest BCUT2D eigenvalue weighted by molar-refractivity contribution is 5.96. The molecule has 3 rings (SSSR count). The first-order valence-corrected chi connectivity index (χ1v) is 9.15. The molecule has 1 aromatic heterocycles. The molecule has 3 aromatic rings. The van der Waals surface area contributed by atoms with Gasteiger partial charge in [0.1, 0.15) is 0 Å². The van der Waals surface area contributed by atoms with E-state index in [1.807, 2.05) is 42.5 Å². The van der Waals surface area contributed by atoms with E-state index in [0.29, 0.717) is 5.56 Å². The van der Waals surface area contributed by atoms with Crippen molar-refractivity contribution in [2.75, 3.05) is 19.6 Å². The summed E-state index contributed by atoms with van der Waals surface area (Å²) in [5, 5.41) is 7.81. The van der Waals surface area contributed by atoms with Crippen molar-refractivity contribution in [3.05, 3.63) is 84.3 Å². The quantitative estimate of drug-likeness (QED) is 0.513. The molecule has 0 fully saturated rings. The van der Waals surface area contributed by atoms with Crippen molar-refractivity contribution in [1.29, 1.82) is 0 Å². The fraction of sp³-hybridized carbons (Fsp3) is 0.136. The highest BCUT2D eigenvalue weighted by Gasteiger charge is 2.09. The van der Waals surface area contributed by atoms with Gasteiger partial charge in [-0.25, -0.2) is 0 Å². The highest BCUT2D eigenvalue weighted by Crippen LogP contribution is 2.19. The van der Waals surface area contributed by atoms with Crippen molar-refractivity contribution in [3.63, 3.8) is 0 Å². The van der Waals surface area contributed by atoms with E-state index in [1.54, 1.807) is 24.3 Å². The lowest BCUT2D eigenvalue weighted by molar-refractivity contribution is -0.120. The molecule has 0 radical (unpaired) electrons. The third-order valence-electron chi connectivity index (χ3n) is 4.14. The van der Waals surface area contributed by atoms with Crippen LogP contribution in [-0.2, 0) is 4.79 Å². The first-order chi connectivity index (χ1) is 14.1. The molecule has 0 unspecified atom stereocenters. The topological polar surface area (TPSA) is 100 Å². The zero-order valence-corrected chi connectivity index (χ0v) is 15.7. The Morgan fingerprint density at radius 1 is 0.690 bits per heavy atom. The number of benzene rings is 2. The van der Waals surface area contributed by atoms with Gasteiger partial charge in [0.25, 0.3) is 11.8 Å². The molecule has 7 nitrogen and oxygen atoms in total. The van der Waals surface area contributed by atoms with Crippen molar-refractivity contribution in [2.24, 2.45) is 0 Å². The molecule has 0 saturated carbocycles. The molecule has 3 amide bonds. The summed E-state index contributed by atoms with van der Waals surface area (Å²) in [7, 11) is 0. The van der Waals surface area contributed by atoms with Gasteiger partial charge in [-0.3, -0.25) is 14.4 Å². The van der Waals surface area contributed by atoms with Crippen LogP contribution in [0.15, 0.2) is 77.4 Å². The van der Waals surface area contributed by atoms with Crippen molar-refractivity contribution >= 4 is 17.7 Å². The fourth-order valence-electron chi connectivity index (χ4n) is 2.64. The van der Waals surface area contributed by atoms with Crippen LogP contribution in [0.3, 0.4) is 0 Å². The molecule has 148 valence electrons. The molecule has 7 heteroatoms. The van der Waals surface area contributed by atoms with Crippen molar-refractivity contribution in [1.82, 2.24) is 16.0 Å². The second kappa shape index (κ2) is 9.89. The van der Waals surface area contributed by atoms with Crippen molar-refractivity contribution in [3.8, 4) is 11.1 Å². The summed E-state index contributed by atoms with van der Waals surface area (Å²) in [6, 6.07) is 20.2. The largest absolute Gasteiger partial charge is 0.459 e. The number of rotatable bonds is 8. The zero-order valence-electron chi connectivity index (χ0n) is 15.7. The average molecular weight is 391 g/mol. The van der Waals surface area contributed by atoms with Gasteiger partial charge in [-0.05, 0) is 35.4 Å². The standard InChI is InChI=1S/C22H21N3O4/c26-20(23-12-13-24-22(28)19-7-4-14-29-19)15-25-21(27)18-10-8-17(9-11-18)16-5-2-1-3-6-16/h1-11,14H,12-13,15H2,(H,23,26)(H,24,28)(H,25,27). The second-order valence-corrected chi connectivity index (χ2v) is 6.21. The van der Waals surface area contributed by atoms with Gasteiger partial charge in [0.05, 0.1) is 12.8 Å². The van der Waals surface area contributed by atoms with Crippen LogP contribution in [0.2, 0.25) is 0 Å². The fourth-order valence-corrected chi connectivity index (χ4v) is 2.64. The smallest absolute Gasteiger partial charge is 0.287 e. The van der Waals surface area contributed by atoms with Gasteiger partial charge in [-0.15, -0.1) is 0 Å². The summed E-state index contributed by atoms with van der Waals surface area (Å²) in [6.45, 7) is 0.346. The Labute approximate surface area is 168 Å². The summed E-state index contributed by atoms with van der Waals surface area (Å²) < 4.78 is 4.97. The lowest BCUT2D eigenvalue weighted by atomic mass is 10.0. The van der Waals surface area contributed by atoms with E-state index in [-0.39, 0.29) is 43.1 Å². The lowest BCUT2D eigenvalue weighted by Gasteiger charge is -2.08. The summed E-state index contributed by atoms with van der Waals surface area (Å²) in [4.78, 5) is 35.7. The van der Waals surface area contributed by atoms with Crippen LogP contribution in [0.4, 0.5) is 0 Å². The van der Waals surface area contributed by atoms with Crippen molar-refractivity contribution in [2.45, 2.75) is 0 Å². The molecule has 0 bridgehead atoms. The van der Waals surface area contributed by atoms with Gasteiger partial charge < -0.3 is 20.4 Å². The Kier molecular flexibility index (Phi) is 6.78. The maximum absolute atomic E-state index is 12.2. The molecule has 0 saturated heterocycles. The van der Waals surface area contributed by atoms with E-state index in [1.165, 1.54) is 6.26 Å². The number of furan rings is 1. The lowest BCUT2D eigenvalue weighted by Crippen LogP contribution is -2.40. The number of amides is 3. The molecular formula is C22H21N3O4. The van der Waals surface area contributed by atoms with Crippen LogP contribution in [0.1, 0.15) is 20.9 Å². The monoisotopic (exact) mass is 391 g/mol. The third kappa shape index (κ3) is 5.80. The number of nitrogens with one attached hydrogen (secondary N) is 3. The normalized spacial score (nSPS) is 10.2. The van der Waals surface area contributed by atoms with E-state index in [4.69, 9.17) is 4.42 Å². The van der Waals surface area contributed by atoms with Crippen LogP contribution >= 0.6 is 0 Å². The van der Waals surface area contributed by atoms with Gasteiger partial charge >= 0.3 is 0 Å². The average Bonchev–Trinajstić information content (AvgIpc) is 3.31. The Hall–Kier alpha value is -3.87. The van der Waals surface area contributed by atoms with Crippen LogP contribution < -0.4 is 16.0 Å². The first kappa shape index (κ1) is 19.9. The summed E-state index contributed by atoms with van der Waals surface area (Å²) in [6.07, 6.45) is 1.41. The van der Waals surface area contributed by atoms with E-state index >= 15 is 0 Å². The highest BCUT2D eigenvalue weighted by atomic mass is 16.3. The van der Waals surface area contributed by atoms with Gasteiger partial charge in [-0.2, -0.15) is 0 Å². The third-order valence-corrected chi connectivity index (χ3v) is 4.14. The maximum Gasteiger partial charge on any atom is 0.287 e. The predicted molar refractivity (Wildman–Crippen MR) is 108 cm³/mol. The molecule has 1 heterocycles. The van der Waals surface area contributed by atoms with Gasteiger partial charge in [0.2, 0.25) is 5.91 Å². The molecular weight excluding hydrogens is 370 g/mol.